The first-order chi connectivity index (χ1) is 11.2. The van der Waals surface area contributed by atoms with Gasteiger partial charge in [0.05, 0.1) is 11.2 Å². The third kappa shape index (κ3) is 2.56. The van der Waals surface area contributed by atoms with Gasteiger partial charge in [0.25, 0.3) is 11.5 Å². The molecule has 3 rings (SSSR count). The van der Waals surface area contributed by atoms with E-state index in [-0.39, 0.29) is 27.4 Å². The monoisotopic (exact) mass is 370 g/mol. The summed E-state index contributed by atoms with van der Waals surface area (Å²) in [6, 6.07) is 0. The number of rotatable bonds is 3. The number of hydrogen-bond acceptors (Lipinski definition) is 4. The van der Waals surface area contributed by atoms with Crippen LogP contribution >= 0.6 is 23.2 Å². The fourth-order valence-electron chi connectivity index (χ4n) is 3.96. The highest BCUT2D eigenvalue weighted by molar-refractivity contribution is 6.41. The number of hydrazone groups is 1. The zero-order valence-corrected chi connectivity index (χ0v) is 15.4. The second-order valence-corrected chi connectivity index (χ2v) is 8.14. The quantitative estimate of drug-likeness (QED) is 0.830. The minimum atomic E-state index is -0.597. The molecule has 2 atom stereocenters. The predicted molar refractivity (Wildman–Crippen MR) is 93.3 cm³/mol. The molecule has 0 saturated heterocycles. The van der Waals surface area contributed by atoms with E-state index in [4.69, 9.17) is 23.2 Å². The number of fused-ring (bicyclic) bond motifs is 2. The summed E-state index contributed by atoms with van der Waals surface area (Å²) in [5.41, 5.74) is 3.20. The molecule has 0 aliphatic heterocycles. The van der Waals surface area contributed by atoms with Gasteiger partial charge in [-0.1, -0.05) is 44.0 Å². The molecule has 2 aliphatic carbocycles. The number of nitrogens with one attached hydrogen (secondary N) is 1. The van der Waals surface area contributed by atoms with Gasteiger partial charge in [-0.3, -0.25) is 9.59 Å². The molecule has 1 N–H and O–H groups in total. The summed E-state index contributed by atoms with van der Waals surface area (Å²) >= 11 is 11.5. The second-order valence-electron chi connectivity index (χ2n) is 7.36. The molecule has 1 amide bonds. The zero-order valence-electron chi connectivity index (χ0n) is 13.9. The van der Waals surface area contributed by atoms with Crippen molar-refractivity contribution in [3.05, 3.63) is 26.6 Å². The molecule has 0 spiro atoms. The van der Waals surface area contributed by atoms with Crippen molar-refractivity contribution in [3.63, 3.8) is 0 Å². The van der Waals surface area contributed by atoms with Crippen LogP contribution in [0.15, 0.2) is 16.1 Å². The molecule has 6 nitrogen and oxygen atoms in total. The lowest BCUT2D eigenvalue weighted by atomic mass is 9.70. The third-order valence-corrected chi connectivity index (χ3v) is 6.81. The first-order valence-corrected chi connectivity index (χ1v) is 8.69. The van der Waals surface area contributed by atoms with Crippen molar-refractivity contribution >= 4 is 34.8 Å². The highest BCUT2D eigenvalue weighted by Gasteiger charge is 2.59. The molecule has 2 aliphatic rings. The van der Waals surface area contributed by atoms with Gasteiger partial charge in [0, 0.05) is 11.1 Å². The van der Waals surface area contributed by atoms with Crippen LogP contribution in [0.4, 0.5) is 0 Å². The summed E-state index contributed by atoms with van der Waals surface area (Å²) in [6.07, 6.45) is 4.45. The van der Waals surface area contributed by atoms with Crippen molar-refractivity contribution in [3.8, 4) is 0 Å². The van der Waals surface area contributed by atoms with E-state index in [1.54, 1.807) is 0 Å². The number of carbonyl (C=O) groups is 1. The number of aromatic nitrogens is 2. The number of nitrogens with zero attached hydrogens (tertiary/aromatic N) is 3. The van der Waals surface area contributed by atoms with Crippen LogP contribution in [0.3, 0.4) is 0 Å². The van der Waals surface area contributed by atoms with E-state index in [1.165, 1.54) is 12.6 Å². The lowest BCUT2D eigenvalue weighted by molar-refractivity contribution is -0.121. The summed E-state index contributed by atoms with van der Waals surface area (Å²) in [5.74, 6) is 0.192. The molecule has 1 aromatic rings. The van der Waals surface area contributed by atoms with Crippen molar-refractivity contribution in [1.82, 2.24) is 15.2 Å². The van der Waals surface area contributed by atoms with E-state index in [0.29, 0.717) is 5.92 Å². The Labute approximate surface area is 150 Å². The smallest absolute Gasteiger partial charge is 0.271 e. The Hall–Kier alpha value is -1.40. The Morgan fingerprint density at radius 3 is 2.75 bits per heavy atom. The molecule has 130 valence electrons. The number of amides is 1. The molecule has 0 radical (unpaired) electrons. The minimum absolute atomic E-state index is 0.0175. The van der Waals surface area contributed by atoms with E-state index in [2.05, 4.69) is 36.4 Å². The highest BCUT2D eigenvalue weighted by atomic mass is 35.5. The van der Waals surface area contributed by atoms with Crippen LogP contribution in [0, 0.1) is 16.7 Å². The van der Waals surface area contributed by atoms with Gasteiger partial charge in [-0.05, 0) is 30.6 Å². The van der Waals surface area contributed by atoms with E-state index in [9.17, 15) is 9.59 Å². The fraction of sp³-hybridized carbons (Fsp3) is 0.625. The van der Waals surface area contributed by atoms with Gasteiger partial charge in [-0.25, -0.2) is 10.1 Å². The Balaban J connectivity index is 1.71. The maximum atomic E-state index is 12.1. The van der Waals surface area contributed by atoms with E-state index in [1.807, 2.05) is 0 Å². The fourth-order valence-corrected chi connectivity index (χ4v) is 4.23. The van der Waals surface area contributed by atoms with E-state index >= 15 is 0 Å². The highest BCUT2D eigenvalue weighted by Crippen LogP contribution is 2.63. The maximum Gasteiger partial charge on any atom is 0.287 e. The van der Waals surface area contributed by atoms with E-state index in [0.717, 1.165) is 23.2 Å². The van der Waals surface area contributed by atoms with Crippen LogP contribution in [0.1, 0.15) is 40.0 Å². The van der Waals surface area contributed by atoms with Crippen molar-refractivity contribution in [2.45, 2.75) is 46.6 Å². The molecular weight excluding hydrogens is 351 g/mol. The maximum absolute atomic E-state index is 12.1. The molecule has 0 aromatic carbocycles. The number of hydrogen-bond donors (Lipinski definition) is 1. The largest absolute Gasteiger partial charge is 0.287 e. The van der Waals surface area contributed by atoms with Crippen LogP contribution < -0.4 is 11.0 Å². The summed E-state index contributed by atoms with van der Waals surface area (Å²) in [7, 11) is 0. The molecule has 2 saturated carbocycles. The summed E-state index contributed by atoms with van der Waals surface area (Å²) < 4.78 is 0.968. The Bertz CT molecular complexity index is 787. The first kappa shape index (κ1) is 17.4. The second kappa shape index (κ2) is 5.85. The van der Waals surface area contributed by atoms with Crippen LogP contribution in [0.25, 0.3) is 0 Å². The van der Waals surface area contributed by atoms with Crippen molar-refractivity contribution in [2.75, 3.05) is 0 Å². The van der Waals surface area contributed by atoms with Crippen molar-refractivity contribution < 1.29 is 4.79 Å². The summed E-state index contributed by atoms with van der Waals surface area (Å²) in [4.78, 5) is 24.0. The van der Waals surface area contributed by atoms with Crippen LogP contribution in [-0.4, -0.2) is 21.4 Å². The van der Waals surface area contributed by atoms with Gasteiger partial charge < -0.3 is 0 Å². The normalized spacial score (nSPS) is 29.2. The minimum Gasteiger partial charge on any atom is -0.271 e. The van der Waals surface area contributed by atoms with Crippen molar-refractivity contribution in [2.24, 2.45) is 21.8 Å². The van der Waals surface area contributed by atoms with Crippen LogP contribution in [0.2, 0.25) is 10.0 Å². The van der Waals surface area contributed by atoms with Gasteiger partial charge in [-0.2, -0.15) is 10.2 Å². The zero-order chi connectivity index (χ0) is 17.7. The van der Waals surface area contributed by atoms with Crippen LogP contribution in [-0.2, 0) is 11.3 Å². The van der Waals surface area contributed by atoms with E-state index < -0.39 is 11.5 Å². The predicted octanol–water partition coefficient (Wildman–Crippen LogP) is 2.87. The van der Waals surface area contributed by atoms with Gasteiger partial charge in [-0.15, -0.1) is 0 Å². The molecule has 2 bridgehead atoms. The molecule has 2 unspecified atom stereocenters. The Morgan fingerprint density at radius 2 is 2.17 bits per heavy atom. The Kier molecular flexibility index (Phi) is 4.24. The molecule has 8 heteroatoms. The molecule has 1 heterocycles. The van der Waals surface area contributed by atoms with Gasteiger partial charge in [0.15, 0.2) is 0 Å². The molecular formula is C16H20Cl2N4O2. The number of carbonyl (C=O) groups excluding carboxylic acids is 1. The molecule has 2 fully saturated rings. The molecule has 1 aromatic heterocycles. The SMILES string of the molecule is CC12CCC(C/C1=N\NC(=O)Cn1ncc(Cl)c(Cl)c1=O)C2(C)C. The summed E-state index contributed by atoms with van der Waals surface area (Å²) in [6.45, 7) is 6.51. The average Bonchev–Trinajstić information content (AvgIpc) is 2.86. The van der Waals surface area contributed by atoms with Crippen molar-refractivity contribution in [1.29, 1.82) is 0 Å². The number of halogens is 2. The average molecular weight is 371 g/mol. The topological polar surface area (TPSA) is 76.3 Å². The third-order valence-electron chi connectivity index (χ3n) is 6.06. The molecule has 24 heavy (non-hydrogen) atoms. The first-order valence-electron chi connectivity index (χ1n) is 7.94. The standard InChI is InChI=1S/C16H20Cl2N4O2/c1-15(2)9-4-5-16(15,3)11(6-9)20-21-12(23)8-22-14(24)13(18)10(17)7-19-22/h7,9H,4-6,8H2,1-3H3,(H,21,23)/b20-11+. The Morgan fingerprint density at radius 1 is 1.46 bits per heavy atom. The van der Waals surface area contributed by atoms with Crippen LogP contribution in [0.5, 0.6) is 0 Å². The van der Waals surface area contributed by atoms with Gasteiger partial charge in [0.1, 0.15) is 11.6 Å². The summed E-state index contributed by atoms with van der Waals surface area (Å²) in [5, 5.41) is 8.09. The van der Waals surface area contributed by atoms with Gasteiger partial charge in [0.2, 0.25) is 0 Å². The lowest BCUT2D eigenvalue weighted by Gasteiger charge is -2.34. The van der Waals surface area contributed by atoms with Gasteiger partial charge >= 0.3 is 0 Å². The lowest BCUT2D eigenvalue weighted by Crippen LogP contribution is -2.36.